The summed E-state index contributed by atoms with van der Waals surface area (Å²) in [5.74, 6) is 0.599. The van der Waals surface area contributed by atoms with Crippen molar-refractivity contribution in [3.63, 3.8) is 0 Å². The Morgan fingerprint density at radius 2 is 2.17 bits per heavy atom. The van der Waals surface area contributed by atoms with Crippen molar-refractivity contribution in [1.29, 1.82) is 0 Å². The molecule has 1 fully saturated rings. The molecule has 1 heterocycles. The summed E-state index contributed by atoms with van der Waals surface area (Å²) >= 11 is 7.30. The van der Waals surface area contributed by atoms with Gasteiger partial charge in [-0.2, -0.15) is 0 Å². The zero-order chi connectivity index (χ0) is 12.8. The lowest BCUT2D eigenvalue weighted by Gasteiger charge is -2.17. The normalized spacial score (nSPS) is 21.1. The van der Waals surface area contributed by atoms with E-state index in [2.05, 4.69) is 56.1 Å². The predicted octanol–water partition coefficient (Wildman–Crippen LogP) is 5.28. The number of hydrogen-bond donors (Lipinski definition) is 0. The summed E-state index contributed by atoms with van der Waals surface area (Å²) in [6.07, 6.45) is 6.73. The molecule has 0 aliphatic carbocycles. The molecule has 2 rings (SSSR count). The first-order valence-corrected chi connectivity index (χ1v) is 8.64. The van der Waals surface area contributed by atoms with Crippen LogP contribution in [0.5, 0.6) is 0 Å². The molecular weight excluding hydrogens is 356 g/mol. The minimum Gasteiger partial charge on any atom is -0.378 e. The molecule has 0 amide bonds. The molecule has 1 nitrogen and oxygen atoms in total. The SMILES string of the molecule is BrCC(CCCC1CCCO1)c1ccccc1Br. The summed E-state index contributed by atoms with van der Waals surface area (Å²) in [6.45, 7) is 0.969. The van der Waals surface area contributed by atoms with Gasteiger partial charge in [-0.25, -0.2) is 0 Å². The molecule has 1 aromatic carbocycles. The fraction of sp³-hybridized carbons (Fsp3) is 0.600. The van der Waals surface area contributed by atoms with Crippen LogP contribution in [-0.4, -0.2) is 18.0 Å². The Labute approximate surface area is 127 Å². The molecule has 0 spiro atoms. The average molecular weight is 376 g/mol. The van der Waals surface area contributed by atoms with E-state index in [1.807, 2.05) is 0 Å². The molecule has 100 valence electrons. The molecule has 0 aromatic heterocycles. The number of ether oxygens (including phenoxy) is 1. The van der Waals surface area contributed by atoms with Crippen LogP contribution in [0.3, 0.4) is 0 Å². The fourth-order valence-corrected chi connectivity index (χ4v) is 3.87. The second-order valence-corrected chi connectivity index (χ2v) is 6.44. The van der Waals surface area contributed by atoms with Crippen molar-refractivity contribution in [3.8, 4) is 0 Å². The van der Waals surface area contributed by atoms with E-state index >= 15 is 0 Å². The van der Waals surface area contributed by atoms with Gasteiger partial charge < -0.3 is 4.74 Å². The van der Waals surface area contributed by atoms with Crippen LogP contribution in [0.1, 0.15) is 43.6 Å². The number of hydrogen-bond acceptors (Lipinski definition) is 1. The fourth-order valence-electron chi connectivity index (χ4n) is 2.59. The highest BCUT2D eigenvalue weighted by Gasteiger charge is 2.17. The van der Waals surface area contributed by atoms with E-state index in [4.69, 9.17) is 4.74 Å². The van der Waals surface area contributed by atoms with Gasteiger partial charge in [-0.1, -0.05) is 56.5 Å². The van der Waals surface area contributed by atoms with E-state index in [0.717, 1.165) is 11.9 Å². The smallest absolute Gasteiger partial charge is 0.0576 e. The molecular formula is C15H20Br2O. The number of halogens is 2. The van der Waals surface area contributed by atoms with Gasteiger partial charge in [0, 0.05) is 16.4 Å². The Balaban J connectivity index is 1.83. The van der Waals surface area contributed by atoms with Crippen molar-refractivity contribution in [2.45, 2.75) is 44.1 Å². The molecule has 3 heteroatoms. The maximum atomic E-state index is 5.68. The van der Waals surface area contributed by atoms with Crippen LogP contribution < -0.4 is 0 Å². The summed E-state index contributed by atoms with van der Waals surface area (Å²) in [5, 5.41) is 1.03. The second-order valence-electron chi connectivity index (χ2n) is 4.94. The quantitative estimate of drug-likeness (QED) is 0.615. The monoisotopic (exact) mass is 374 g/mol. The van der Waals surface area contributed by atoms with E-state index in [1.54, 1.807) is 0 Å². The van der Waals surface area contributed by atoms with Crippen molar-refractivity contribution in [2.75, 3.05) is 11.9 Å². The molecule has 1 saturated heterocycles. The topological polar surface area (TPSA) is 9.23 Å². The molecule has 0 N–H and O–H groups in total. The summed E-state index contributed by atoms with van der Waals surface area (Å²) in [6, 6.07) is 8.55. The molecule has 0 bridgehead atoms. The lowest BCUT2D eigenvalue weighted by molar-refractivity contribution is 0.102. The lowest BCUT2D eigenvalue weighted by Crippen LogP contribution is -2.07. The van der Waals surface area contributed by atoms with E-state index < -0.39 is 0 Å². The number of alkyl halides is 1. The van der Waals surface area contributed by atoms with Crippen LogP contribution in [0.25, 0.3) is 0 Å². The summed E-state index contributed by atoms with van der Waals surface area (Å²) < 4.78 is 6.91. The predicted molar refractivity (Wildman–Crippen MR) is 83.5 cm³/mol. The van der Waals surface area contributed by atoms with E-state index in [9.17, 15) is 0 Å². The molecule has 1 aliphatic heterocycles. The zero-order valence-corrected chi connectivity index (χ0v) is 13.8. The Kier molecular flexibility index (Phi) is 6.19. The van der Waals surface area contributed by atoms with Gasteiger partial charge in [-0.3, -0.25) is 0 Å². The lowest BCUT2D eigenvalue weighted by atomic mass is 9.94. The van der Waals surface area contributed by atoms with E-state index in [0.29, 0.717) is 12.0 Å². The second kappa shape index (κ2) is 7.66. The highest BCUT2D eigenvalue weighted by Crippen LogP contribution is 2.31. The molecule has 18 heavy (non-hydrogen) atoms. The van der Waals surface area contributed by atoms with Crippen LogP contribution >= 0.6 is 31.9 Å². The first kappa shape index (κ1) is 14.5. The highest BCUT2D eigenvalue weighted by molar-refractivity contribution is 9.10. The van der Waals surface area contributed by atoms with E-state index in [-0.39, 0.29) is 0 Å². The van der Waals surface area contributed by atoms with Gasteiger partial charge in [-0.05, 0) is 43.2 Å². The van der Waals surface area contributed by atoms with Gasteiger partial charge in [0.2, 0.25) is 0 Å². The third-order valence-corrected chi connectivity index (χ3v) is 5.14. The van der Waals surface area contributed by atoms with Gasteiger partial charge in [0.25, 0.3) is 0 Å². The van der Waals surface area contributed by atoms with Gasteiger partial charge in [0.15, 0.2) is 0 Å². The van der Waals surface area contributed by atoms with Gasteiger partial charge in [-0.15, -0.1) is 0 Å². The standard InChI is InChI=1S/C15H20Br2O/c16-11-12(14-8-1-2-9-15(14)17)5-3-6-13-7-4-10-18-13/h1-2,8-9,12-13H,3-7,10-11H2. The minimum atomic E-state index is 0.528. The van der Waals surface area contributed by atoms with Crippen LogP contribution in [0.2, 0.25) is 0 Å². The Morgan fingerprint density at radius 3 is 2.83 bits per heavy atom. The first-order chi connectivity index (χ1) is 8.81. The zero-order valence-electron chi connectivity index (χ0n) is 10.6. The third kappa shape index (κ3) is 4.07. The molecule has 1 aliphatic rings. The Hall–Kier alpha value is 0.140. The van der Waals surface area contributed by atoms with Gasteiger partial charge >= 0.3 is 0 Å². The third-order valence-electron chi connectivity index (χ3n) is 3.63. The molecule has 2 atom stereocenters. The van der Waals surface area contributed by atoms with Crippen molar-refractivity contribution in [2.24, 2.45) is 0 Å². The Morgan fingerprint density at radius 1 is 1.33 bits per heavy atom. The van der Waals surface area contributed by atoms with Crippen LogP contribution in [0.4, 0.5) is 0 Å². The van der Waals surface area contributed by atoms with Crippen molar-refractivity contribution in [3.05, 3.63) is 34.3 Å². The summed E-state index contributed by atoms with van der Waals surface area (Å²) in [4.78, 5) is 0. The maximum Gasteiger partial charge on any atom is 0.0576 e. The number of rotatable bonds is 6. The highest BCUT2D eigenvalue weighted by atomic mass is 79.9. The average Bonchev–Trinajstić information content (AvgIpc) is 2.89. The molecule has 1 aromatic rings. The van der Waals surface area contributed by atoms with Crippen molar-refractivity contribution < 1.29 is 4.74 Å². The van der Waals surface area contributed by atoms with Crippen LogP contribution in [0.15, 0.2) is 28.7 Å². The van der Waals surface area contributed by atoms with Crippen LogP contribution in [-0.2, 0) is 4.74 Å². The Bertz CT molecular complexity index is 361. The molecule has 0 radical (unpaired) electrons. The largest absolute Gasteiger partial charge is 0.378 e. The van der Waals surface area contributed by atoms with E-state index in [1.165, 1.54) is 42.1 Å². The van der Waals surface area contributed by atoms with Gasteiger partial charge in [0.05, 0.1) is 6.10 Å². The molecule has 0 saturated carbocycles. The minimum absolute atomic E-state index is 0.528. The number of benzene rings is 1. The van der Waals surface area contributed by atoms with Crippen molar-refractivity contribution >= 4 is 31.9 Å². The van der Waals surface area contributed by atoms with Crippen LogP contribution in [0, 0.1) is 0 Å². The maximum absolute atomic E-state index is 5.68. The first-order valence-electron chi connectivity index (χ1n) is 6.73. The van der Waals surface area contributed by atoms with Crippen molar-refractivity contribution in [1.82, 2.24) is 0 Å². The summed E-state index contributed by atoms with van der Waals surface area (Å²) in [7, 11) is 0. The molecule has 2 unspecified atom stereocenters. The summed E-state index contributed by atoms with van der Waals surface area (Å²) in [5.41, 5.74) is 1.42. The van der Waals surface area contributed by atoms with Gasteiger partial charge in [0.1, 0.15) is 0 Å².